The summed E-state index contributed by atoms with van der Waals surface area (Å²) in [5.41, 5.74) is 2.64. The monoisotopic (exact) mass is 434 g/mol. The maximum Gasteiger partial charge on any atom is 0.322 e. The topological polar surface area (TPSA) is 128 Å². The van der Waals surface area contributed by atoms with E-state index < -0.39 is 30.9 Å². The molecule has 3 amide bonds. The lowest BCUT2D eigenvalue weighted by Gasteiger charge is -2.26. The number of carboxylic acid groups (broad SMARTS) is 1. The van der Waals surface area contributed by atoms with Crippen LogP contribution in [0.3, 0.4) is 0 Å². The summed E-state index contributed by atoms with van der Waals surface area (Å²) >= 11 is 1.47. The molecule has 0 aromatic heterocycles. The minimum absolute atomic E-state index is 0.0471. The van der Waals surface area contributed by atoms with Crippen LogP contribution < -0.4 is 16.0 Å². The number of nitrogens with zero attached hydrogens (tertiary/aromatic N) is 1. The number of rotatable bonds is 9. The molecule has 0 saturated heterocycles. The summed E-state index contributed by atoms with van der Waals surface area (Å²) in [6.07, 6.45) is 4.18. The molecule has 162 valence electrons. The van der Waals surface area contributed by atoms with Gasteiger partial charge in [-0.25, -0.2) is 0 Å². The lowest BCUT2D eigenvalue weighted by Crippen LogP contribution is -2.42. The Kier molecular flexibility index (Phi) is 8.88. The van der Waals surface area contributed by atoms with E-state index >= 15 is 0 Å². The third-order valence-electron chi connectivity index (χ3n) is 4.49. The molecule has 0 unspecified atom stereocenters. The van der Waals surface area contributed by atoms with Crippen molar-refractivity contribution in [2.45, 2.75) is 13.0 Å². The van der Waals surface area contributed by atoms with Gasteiger partial charge in [0.2, 0.25) is 5.91 Å². The average molecular weight is 435 g/mol. The third kappa shape index (κ3) is 6.89. The molecule has 0 aliphatic carbocycles. The number of fused-ring (bicyclic) bond motifs is 1. The van der Waals surface area contributed by atoms with E-state index in [0.29, 0.717) is 11.3 Å². The summed E-state index contributed by atoms with van der Waals surface area (Å²) in [5.74, 6) is -2.32. The second kappa shape index (κ2) is 11.4. The molecule has 4 N–H and O–H groups in total. The fourth-order valence-corrected chi connectivity index (χ4v) is 3.35. The van der Waals surface area contributed by atoms with Gasteiger partial charge in [0.15, 0.2) is 0 Å². The Morgan fingerprint density at radius 3 is 2.67 bits per heavy atom. The van der Waals surface area contributed by atoms with Gasteiger partial charge in [-0.2, -0.15) is 11.8 Å². The molecule has 10 heteroatoms. The van der Waals surface area contributed by atoms with Gasteiger partial charge >= 0.3 is 5.97 Å². The van der Waals surface area contributed by atoms with Crippen molar-refractivity contribution in [3.05, 3.63) is 46.7 Å². The van der Waals surface area contributed by atoms with Gasteiger partial charge in [0.05, 0.1) is 6.54 Å². The Bertz CT molecular complexity index is 856. The van der Waals surface area contributed by atoms with Gasteiger partial charge < -0.3 is 26.0 Å². The first kappa shape index (κ1) is 23.4. The first-order valence-electron chi connectivity index (χ1n) is 9.38. The molecule has 0 bridgehead atoms. The summed E-state index contributed by atoms with van der Waals surface area (Å²) in [5, 5.41) is 15.8. The molecule has 0 saturated carbocycles. The highest BCUT2D eigenvalue weighted by molar-refractivity contribution is 7.98. The number of benzene rings is 1. The van der Waals surface area contributed by atoms with Crippen molar-refractivity contribution in [3.63, 3.8) is 0 Å². The molecule has 1 aliphatic rings. The van der Waals surface area contributed by atoms with Crippen LogP contribution >= 0.6 is 11.8 Å². The Balaban J connectivity index is 2.07. The molecule has 0 spiro atoms. The van der Waals surface area contributed by atoms with Crippen molar-refractivity contribution < 1.29 is 24.3 Å². The number of carboxylic acids is 1. The highest BCUT2D eigenvalue weighted by Gasteiger charge is 2.21. The lowest BCUT2D eigenvalue weighted by molar-refractivity contribution is -0.137. The zero-order valence-corrected chi connectivity index (χ0v) is 17.8. The molecule has 0 fully saturated rings. The van der Waals surface area contributed by atoms with E-state index in [0.717, 1.165) is 30.6 Å². The second-order valence-corrected chi connectivity index (χ2v) is 7.72. The normalized spacial score (nSPS) is 13.9. The van der Waals surface area contributed by atoms with Crippen LogP contribution in [0.15, 0.2) is 30.0 Å². The molecule has 0 radical (unpaired) electrons. The van der Waals surface area contributed by atoms with Crippen molar-refractivity contribution in [2.24, 2.45) is 0 Å². The van der Waals surface area contributed by atoms with E-state index in [1.54, 1.807) is 12.1 Å². The zero-order valence-electron chi connectivity index (χ0n) is 17.0. The van der Waals surface area contributed by atoms with E-state index in [-0.39, 0.29) is 11.6 Å². The van der Waals surface area contributed by atoms with E-state index in [4.69, 9.17) is 5.11 Å². The van der Waals surface area contributed by atoms with Crippen LogP contribution in [0, 0.1) is 0 Å². The summed E-state index contributed by atoms with van der Waals surface area (Å²) in [6.45, 7) is 0.677. The fourth-order valence-electron chi connectivity index (χ4n) is 3.01. The highest BCUT2D eigenvalue weighted by Crippen LogP contribution is 2.22. The number of likely N-dealkylation sites (N-methyl/N-ethyl adjacent to an activating group) is 1. The number of hydrogen-bond acceptors (Lipinski definition) is 6. The number of carbonyl (C=O) groups is 4. The fraction of sp³-hybridized carbons (Fsp3) is 0.400. The maximum atomic E-state index is 12.9. The second-order valence-electron chi connectivity index (χ2n) is 6.81. The molecule has 1 aliphatic heterocycles. The first-order chi connectivity index (χ1) is 14.3. The van der Waals surface area contributed by atoms with E-state index in [9.17, 15) is 19.2 Å². The van der Waals surface area contributed by atoms with Crippen LogP contribution in [0.1, 0.15) is 21.5 Å². The average Bonchev–Trinajstić information content (AvgIpc) is 2.72. The molecule has 2 rings (SSSR count). The number of aliphatic carboxylic acids is 1. The summed E-state index contributed by atoms with van der Waals surface area (Å²) in [7, 11) is 2.02. The van der Waals surface area contributed by atoms with Gasteiger partial charge in [-0.05, 0) is 43.0 Å². The van der Waals surface area contributed by atoms with Crippen LogP contribution in [-0.4, -0.2) is 72.4 Å². The molecule has 1 aromatic rings. The van der Waals surface area contributed by atoms with Gasteiger partial charge in [-0.15, -0.1) is 0 Å². The Morgan fingerprint density at radius 1 is 1.20 bits per heavy atom. The predicted molar refractivity (Wildman–Crippen MR) is 114 cm³/mol. The number of hydrogen-bond donors (Lipinski definition) is 4. The smallest absolute Gasteiger partial charge is 0.322 e. The van der Waals surface area contributed by atoms with Crippen LogP contribution in [0.2, 0.25) is 0 Å². The largest absolute Gasteiger partial charge is 0.480 e. The van der Waals surface area contributed by atoms with Crippen LogP contribution in [0.5, 0.6) is 0 Å². The molecular weight excluding hydrogens is 408 g/mol. The number of carbonyl (C=O) groups excluding carboxylic acids is 3. The lowest BCUT2D eigenvalue weighted by atomic mass is 9.94. The number of amides is 3. The number of thioether (sulfide) groups is 1. The van der Waals surface area contributed by atoms with Gasteiger partial charge in [0, 0.05) is 24.4 Å². The van der Waals surface area contributed by atoms with Gasteiger partial charge in [0.25, 0.3) is 11.8 Å². The van der Waals surface area contributed by atoms with Crippen LogP contribution in [0.4, 0.5) is 0 Å². The van der Waals surface area contributed by atoms with Crippen LogP contribution in [-0.2, 0) is 27.3 Å². The zero-order chi connectivity index (χ0) is 22.1. The molecule has 9 nitrogen and oxygen atoms in total. The van der Waals surface area contributed by atoms with Crippen molar-refractivity contribution in [1.82, 2.24) is 20.9 Å². The molecule has 0 atom stereocenters. The SMILES string of the molecule is CSC/C=C(\NC(=O)c1cccc2c1CCN(C)C2)C(=O)NCC(=O)NCC(=O)O. The van der Waals surface area contributed by atoms with Gasteiger partial charge in [0.1, 0.15) is 12.2 Å². The van der Waals surface area contributed by atoms with Gasteiger partial charge in [-0.3, -0.25) is 19.2 Å². The van der Waals surface area contributed by atoms with Crippen molar-refractivity contribution >= 4 is 35.5 Å². The van der Waals surface area contributed by atoms with E-state index in [1.807, 2.05) is 25.4 Å². The standard InChI is InChI=1S/C20H26N4O5S/c1-24-8-6-14-13(12-24)4-3-5-15(14)19(28)23-16(7-9-30-2)20(29)22-10-17(25)21-11-18(26)27/h3-5,7H,6,8-12H2,1-2H3,(H,21,25)(H,22,29)(H,23,28)(H,26,27)/b16-7-. The van der Waals surface area contributed by atoms with E-state index in [1.165, 1.54) is 11.8 Å². The quantitative estimate of drug-likeness (QED) is 0.402. The Labute approximate surface area is 179 Å². The molecule has 1 heterocycles. The molecule has 30 heavy (non-hydrogen) atoms. The predicted octanol–water partition coefficient (Wildman–Crippen LogP) is -0.0318. The van der Waals surface area contributed by atoms with Crippen LogP contribution in [0.25, 0.3) is 0 Å². The molecular formula is C20H26N4O5S. The Morgan fingerprint density at radius 2 is 1.97 bits per heavy atom. The first-order valence-corrected chi connectivity index (χ1v) is 10.8. The summed E-state index contributed by atoms with van der Waals surface area (Å²) in [4.78, 5) is 49.7. The summed E-state index contributed by atoms with van der Waals surface area (Å²) < 4.78 is 0. The maximum absolute atomic E-state index is 12.9. The Hall–Kier alpha value is -2.85. The van der Waals surface area contributed by atoms with E-state index in [2.05, 4.69) is 20.9 Å². The van der Waals surface area contributed by atoms with Crippen molar-refractivity contribution in [2.75, 3.05) is 38.7 Å². The highest BCUT2D eigenvalue weighted by atomic mass is 32.2. The summed E-state index contributed by atoms with van der Waals surface area (Å²) in [6, 6.07) is 5.56. The number of nitrogens with one attached hydrogen (secondary N) is 3. The minimum Gasteiger partial charge on any atom is -0.480 e. The minimum atomic E-state index is -1.18. The van der Waals surface area contributed by atoms with Crippen molar-refractivity contribution in [3.8, 4) is 0 Å². The van der Waals surface area contributed by atoms with Crippen molar-refractivity contribution in [1.29, 1.82) is 0 Å². The third-order valence-corrected chi connectivity index (χ3v) is 4.99. The molecule has 1 aromatic carbocycles. The van der Waals surface area contributed by atoms with Gasteiger partial charge in [-0.1, -0.05) is 12.1 Å².